The molecule has 2 amide bonds. The smallest absolute Gasteiger partial charge is 0.454 e. The second-order valence-corrected chi connectivity index (χ2v) is 4.18. The van der Waals surface area contributed by atoms with Crippen molar-refractivity contribution in [1.29, 1.82) is 0 Å². The van der Waals surface area contributed by atoms with Crippen molar-refractivity contribution >= 4 is 17.7 Å². The number of hydrogen-bond donors (Lipinski definition) is 0. The van der Waals surface area contributed by atoms with E-state index >= 15 is 0 Å². The average Bonchev–Trinajstić information content (AvgIpc) is 2.39. The van der Waals surface area contributed by atoms with Crippen LogP contribution in [0.25, 0.3) is 0 Å². The number of rotatable bonds is 1. The monoisotopic (exact) mass is 219 g/mol. The van der Waals surface area contributed by atoms with Crippen molar-refractivity contribution in [3.63, 3.8) is 0 Å². The number of aryl methyl sites for hydroxylation is 1. The number of nitrogens with zero attached hydrogens (tertiary/aromatic N) is 3. The second kappa shape index (κ2) is 3.31. The Bertz CT molecular complexity index is 480. The number of urea groups is 1. The van der Waals surface area contributed by atoms with E-state index in [2.05, 4.69) is 5.10 Å². The molecule has 0 saturated carbocycles. The summed E-state index contributed by atoms with van der Waals surface area (Å²) in [5.41, 5.74) is 1.48. The van der Waals surface area contributed by atoms with Gasteiger partial charge in [-0.2, -0.15) is 0 Å². The van der Waals surface area contributed by atoms with E-state index in [1.54, 1.807) is 26.2 Å². The number of benzene rings is 1. The van der Waals surface area contributed by atoms with Crippen molar-refractivity contribution in [3.05, 3.63) is 29.8 Å². The summed E-state index contributed by atoms with van der Waals surface area (Å²) in [6, 6.07) is 6.41. The number of anilines is 1. The fourth-order valence-corrected chi connectivity index (χ4v) is 1.65. The van der Waals surface area contributed by atoms with Gasteiger partial charge in [0, 0.05) is 0 Å². The van der Waals surface area contributed by atoms with Gasteiger partial charge in [0.05, 0.1) is 5.69 Å². The van der Waals surface area contributed by atoms with Gasteiger partial charge in [0.1, 0.15) is 20.1 Å². The van der Waals surface area contributed by atoms with Crippen molar-refractivity contribution in [3.8, 4) is 0 Å². The average molecular weight is 219 g/mol. The van der Waals surface area contributed by atoms with Gasteiger partial charge in [0.15, 0.2) is 0 Å². The minimum Gasteiger partial charge on any atom is -0.842 e. The van der Waals surface area contributed by atoms with Crippen LogP contribution in [0.1, 0.15) is 5.56 Å². The zero-order valence-corrected chi connectivity index (χ0v) is 9.47. The van der Waals surface area contributed by atoms with Gasteiger partial charge in [-0.25, -0.2) is 9.69 Å². The van der Waals surface area contributed by atoms with E-state index in [9.17, 15) is 9.90 Å². The van der Waals surface area contributed by atoms with E-state index in [-0.39, 0.29) is 10.6 Å². The Kier molecular flexibility index (Phi) is 2.20. The highest BCUT2D eigenvalue weighted by Crippen LogP contribution is 2.25. The minimum absolute atomic E-state index is 0.285. The zero-order chi connectivity index (χ0) is 11.9. The molecule has 5 nitrogen and oxygen atoms in total. The second-order valence-electron chi connectivity index (χ2n) is 4.18. The Morgan fingerprint density at radius 1 is 1.31 bits per heavy atom. The standard InChI is InChI=1S/C11H13N3O2/c1-8-6-4-5-7-9(8)13-10(15)12-14(2,3)11(13)16/h4-7H,1-3H3. The van der Waals surface area contributed by atoms with Crippen LogP contribution in [-0.2, 0) is 0 Å². The van der Waals surface area contributed by atoms with Crippen LogP contribution in [0.4, 0.5) is 10.5 Å². The molecule has 0 unspecified atom stereocenters. The molecule has 0 saturated heterocycles. The first-order chi connectivity index (χ1) is 7.43. The molecule has 0 N–H and O–H groups in total. The number of hydrogen-bond acceptors (Lipinski definition) is 3. The topological polar surface area (TPSA) is 55.7 Å². The van der Waals surface area contributed by atoms with Gasteiger partial charge in [-0.15, -0.1) is 4.59 Å². The molecule has 2 rings (SSSR count). The molecule has 1 aliphatic heterocycles. The van der Waals surface area contributed by atoms with Crippen LogP contribution in [0.2, 0.25) is 0 Å². The van der Waals surface area contributed by atoms with Crippen LogP contribution in [0, 0.1) is 6.92 Å². The molecule has 0 spiro atoms. The lowest BCUT2D eigenvalue weighted by atomic mass is 10.2. The molecule has 0 fully saturated rings. The molecule has 1 aliphatic rings. The molecule has 84 valence electrons. The van der Waals surface area contributed by atoms with E-state index in [0.29, 0.717) is 5.69 Å². The third-order valence-electron chi connectivity index (χ3n) is 2.54. The van der Waals surface area contributed by atoms with E-state index in [1.807, 2.05) is 19.1 Å². The van der Waals surface area contributed by atoms with E-state index < -0.39 is 6.02 Å². The molecule has 0 bridgehead atoms. The third-order valence-corrected chi connectivity index (χ3v) is 2.54. The highest BCUT2D eigenvalue weighted by Gasteiger charge is 2.41. The summed E-state index contributed by atoms with van der Waals surface area (Å²) in [5, 5.41) is 15.5. The van der Waals surface area contributed by atoms with Gasteiger partial charge in [0.25, 0.3) is 0 Å². The predicted molar refractivity (Wildman–Crippen MR) is 58.6 cm³/mol. The van der Waals surface area contributed by atoms with Gasteiger partial charge in [-0.3, -0.25) is 0 Å². The molecule has 0 aromatic heterocycles. The van der Waals surface area contributed by atoms with Crippen molar-refractivity contribution in [2.45, 2.75) is 6.92 Å². The summed E-state index contributed by atoms with van der Waals surface area (Å²) in [6.45, 7) is 1.86. The minimum atomic E-state index is -0.510. The summed E-state index contributed by atoms with van der Waals surface area (Å²) < 4.78 is -0.285. The predicted octanol–water partition coefficient (Wildman–Crippen LogP) is 0.643. The van der Waals surface area contributed by atoms with Gasteiger partial charge in [0.2, 0.25) is 0 Å². The summed E-state index contributed by atoms with van der Waals surface area (Å²) in [7, 11) is 3.16. The summed E-state index contributed by atoms with van der Waals surface area (Å²) in [4.78, 5) is 13.1. The Morgan fingerprint density at radius 2 is 1.94 bits per heavy atom. The molecule has 1 aromatic rings. The fraction of sp³-hybridized carbons (Fsp3) is 0.273. The number of carbonyl (C=O) groups is 1. The normalized spacial score (nSPS) is 18.8. The van der Waals surface area contributed by atoms with Crippen molar-refractivity contribution in [2.24, 2.45) is 5.10 Å². The maximum atomic E-state index is 12.0. The van der Waals surface area contributed by atoms with Crippen LogP contribution < -0.4 is 10.0 Å². The lowest BCUT2D eigenvalue weighted by molar-refractivity contribution is -0.811. The van der Waals surface area contributed by atoms with Gasteiger partial charge < -0.3 is 5.11 Å². The number of carbonyl (C=O) groups excluding carboxylic acids is 1. The SMILES string of the molecule is Cc1ccccc1N1C(=O)[N+](C)(C)N=C1[O-]. The highest BCUT2D eigenvalue weighted by molar-refractivity contribution is 6.12. The van der Waals surface area contributed by atoms with Crippen LogP contribution in [-0.4, -0.2) is 30.7 Å². The summed E-state index contributed by atoms with van der Waals surface area (Å²) in [6.07, 6.45) is 0. The van der Waals surface area contributed by atoms with E-state index in [4.69, 9.17) is 0 Å². The quantitative estimate of drug-likeness (QED) is 0.651. The van der Waals surface area contributed by atoms with Crippen LogP contribution in [0.5, 0.6) is 0 Å². The Hall–Kier alpha value is -1.88. The van der Waals surface area contributed by atoms with Gasteiger partial charge in [-0.05, 0) is 18.6 Å². The van der Waals surface area contributed by atoms with Crippen LogP contribution in [0.15, 0.2) is 29.4 Å². The van der Waals surface area contributed by atoms with Gasteiger partial charge >= 0.3 is 6.03 Å². The van der Waals surface area contributed by atoms with Crippen molar-refractivity contribution < 1.29 is 14.5 Å². The number of amides is 2. The van der Waals surface area contributed by atoms with Crippen molar-refractivity contribution in [2.75, 3.05) is 19.0 Å². The molecule has 1 aromatic carbocycles. The van der Waals surface area contributed by atoms with Gasteiger partial charge in [-0.1, -0.05) is 23.3 Å². The van der Waals surface area contributed by atoms with E-state index in [1.165, 1.54) is 0 Å². The third kappa shape index (κ3) is 1.45. The summed E-state index contributed by atoms with van der Waals surface area (Å²) in [5.74, 6) is 0. The summed E-state index contributed by atoms with van der Waals surface area (Å²) >= 11 is 0. The Labute approximate surface area is 93.8 Å². The maximum absolute atomic E-state index is 12.0. The lowest BCUT2D eigenvalue weighted by Gasteiger charge is -2.21. The first kappa shape index (κ1) is 10.6. The number of quaternary nitrogens is 1. The number of para-hydroxylation sites is 1. The molecule has 0 aliphatic carbocycles. The molecule has 16 heavy (non-hydrogen) atoms. The van der Waals surface area contributed by atoms with Crippen LogP contribution >= 0.6 is 0 Å². The first-order valence-corrected chi connectivity index (χ1v) is 4.95. The molecular weight excluding hydrogens is 206 g/mol. The first-order valence-electron chi connectivity index (χ1n) is 4.95. The lowest BCUT2D eigenvalue weighted by Crippen LogP contribution is -2.46. The fourth-order valence-electron chi connectivity index (χ4n) is 1.65. The van der Waals surface area contributed by atoms with Crippen LogP contribution in [0.3, 0.4) is 0 Å². The van der Waals surface area contributed by atoms with E-state index in [0.717, 1.165) is 10.5 Å². The molecule has 5 heteroatoms. The largest absolute Gasteiger partial charge is 0.842 e. The molecule has 0 radical (unpaired) electrons. The Balaban J connectivity index is 2.49. The molecule has 1 heterocycles. The molecular formula is C11H13N3O2. The zero-order valence-electron chi connectivity index (χ0n) is 9.47. The van der Waals surface area contributed by atoms with Crippen molar-refractivity contribution in [1.82, 2.24) is 0 Å². The Morgan fingerprint density at radius 3 is 2.44 bits per heavy atom. The maximum Gasteiger partial charge on any atom is 0.454 e. The molecule has 0 atom stereocenters. The number of amidine groups is 1. The highest BCUT2D eigenvalue weighted by atomic mass is 16.3.